The summed E-state index contributed by atoms with van der Waals surface area (Å²) >= 11 is 7.60. The molecule has 19 heavy (non-hydrogen) atoms. The first-order chi connectivity index (χ1) is 9.13. The number of aliphatic imine (C=N–C) groups is 1. The van der Waals surface area contributed by atoms with Crippen molar-refractivity contribution >= 4 is 35.0 Å². The van der Waals surface area contributed by atoms with Crippen molar-refractivity contribution in [2.75, 3.05) is 0 Å². The first-order valence-corrected chi connectivity index (χ1v) is 7.07. The van der Waals surface area contributed by atoms with Crippen molar-refractivity contribution in [2.45, 2.75) is 10.6 Å². The van der Waals surface area contributed by atoms with E-state index in [1.54, 1.807) is 11.8 Å². The fourth-order valence-corrected chi connectivity index (χ4v) is 2.49. The number of benzene rings is 2. The van der Waals surface area contributed by atoms with Gasteiger partial charge in [-0.2, -0.15) is 0 Å². The molecule has 0 amide bonds. The number of rotatable bonds is 4. The highest BCUT2D eigenvalue weighted by Crippen LogP contribution is 2.25. The van der Waals surface area contributed by atoms with Crippen LogP contribution in [0.15, 0.2) is 58.4 Å². The SMILES string of the molecule is NC(N)=Nc1ccc(SCc2ccc(Cl)cc2)cc1. The molecule has 5 heteroatoms. The maximum atomic E-state index is 5.85. The van der Waals surface area contributed by atoms with E-state index in [0.29, 0.717) is 0 Å². The zero-order valence-electron chi connectivity index (χ0n) is 10.2. The second kappa shape index (κ2) is 6.50. The van der Waals surface area contributed by atoms with Gasteiger partial charge in [0.05, 0.1) is 5.69 Å². The van der Waals surface area contributed by atoms with Gasteiger partial charge in [0.25, 0.3) is 0 Å². The normalized spacial score (nSPS) is 10.2. The van der Waals surface area contributed by atoms with E-state index in [9.17, 15) is 0 Å². The van der Waals surface area contributed by atoms with Crippen LogP contribution in [-0.2, 0) is 5.75 Å². The lowest BCUT2D eigenvalue weighted by Gasteiger charge is -2.03. The Morgan fingerprint density at radius 2 is 1.63 bits per heavy atom. The van der Waals surface area contributed by atoms with Crippen LogP contribution in [0.5, 0.6) is 0 Å². The van der Waals surface area contributed by atoms with E-state index in [4.69, 9.17) is 23.1 Å². The van der Waals surface area contributed by atoms with Crippen molar-refractivity contribution in [3.63, 3.8) is 0 Å². The molecule has 4 N–H and O–H groups in total. The second-order valence-corrected chi connectivity index (χ2v) is 5.43. The van der Waals surface area contributed by atoms with Crippen molar-refractivity contribution in [3.05, 3.63) is 59.1 Å². The molecule has 0 heterocycles. The second-order valence-electron chi connectivity index (χ2n) is 3.95. The zero-order valence-corrected chi connectivity index (χ0v) is 11.8. The Bertz CT molecular complexity index is 560. The summed E-state index contributed by atoms with van der Waals surface area (Å²) in [5.74, 6) is 0.972. The molecule has 98 valence electrons. The van der Waals surface area contributed by atoms with E-state index in [0.717, 1.165) is 16.5 Å². The predicted molar refractivity (Wildman–Crippen MR) is 82.9 cm³/mol. The molecule has 2 rings (SSSR count). The van der Waals surface area contributed by atoms with E-state index >= 15 is 0 Å². The van der Waals surface area contributed by atoms with Gasteiger partial charge in [-0.25, -0.2) is 4.99 Å². The summed E-state index contributed by atoms with van der Waals surface area (Å²) in [6.45, 7) is 0. The van der Waals surface area contributed by atoms with E-state index in [2.05, 4.69) is 4.99 Å². The maximum absolute atomic E-state index is 5.85. The van der Waals surface area contributed by atoms with Gasteiger partial charge in [0, 0.05) is 15.7 Å². The average molecular weight is 292 g/mol. The summed E-state index contributed by atoms with van der Waals surface area (Å²) < 4.78 is 0. The van der Waals surface area contributed by atoms with Gasteiger partial charge in [0.15, 0.2) is 5.96 Å². The van der Waals surface area contributed by atoms with Gasteiger partial charge in [-0.15, -0.1) is 11.8 Å². The summed E-state index contributed by atoms with van der Waals surface area (Å²) in [6, 6.07) is 15.7. The fraction of sp³-hybridized carbons (Fsp3) is 0.0714. The Kier molecular flexibility index (Phi) is 4.71. The Labute approximate surface area is 121 Å². The smallest absolute Gasteiger partial charge is 0.191 e. The highest BCUT2D eigenvalue weighted by atomic mass is 35.5. The minimum absolute atomic E-state index is 0.0709. The van der Waals surface area contributed by atoms with Crippen LogP contribution >= 0.6 is 23.4 Å². The van der Waals surface area contributed by atoms with Crippen LogP contribution < -0.4 is 11.5 Å². The molecule has 0 bridgehead atoms. The van der Waals surface area contributed by atoms with Crippen LogP contribution in [0.1, 0.15) is 5.56 Å². The number of halogens is 1. The lowest BCUT2D eigenvalue weighted by atomic mass is 10.2. The summed E-state index contributed by atoms with van der Waals surface area (Å²) in [6.07, 6.45) is 0. The molecule has 0 aliphatic carbocycles. The first kappa shape index (κ1) is 13.8. The number of nitrogens with zero attached hydrogens (tertiary/aromatic N) is 1. The van der Waals surface area contributed by atoms with Crippen LogP contribution in [0, 0.1) is 0 Å². The van der Waals surface area contributed by atoms with Crippen molar-refractivity contribution in [1.82, 2.24) is 0 Å². The molecule has 0 aliphatic heterocycles. The van der Waals surface area contributed by atoms with Crippen LogP contribution in [0.3, 0.4) is 0 Å². The zero-order chi connectivity index (χ0) is 13.7. The molecule has 0 aliphatic rings. The third kappa shape index (κ3) is 4.50. The highest BCUT2D eigenvalue weighted by molar-refractivity contribution is 7.98. The van der Waals surface area contributed by atoms with Gasteiger partial charge in [-0.1, -0.05) is 23.7 Å². The van der Waals surface area contributed by atoms with Crippen LogP contribution in [0.25, 0.3) is 0 Å². The van der Waals surface area contributed by atoms with Crippen molar-refractivity contribution in [3.8, 4) is 0 Å². The largest absolute Gasteiger partial charge is 0.370 e. The fourth-order valence-electron chi connectivity index (χ4n) is 1.51. The summed E-state index contributed by atoms with van der Waals surface area (Å²) in [5.41, 5.74) is 12.6. The van der Waals surface area contributed by atoms with Gasteiger partial charge >= 0.3 is 0 Å². The molecular weight excluding hydrogens is 278 g/mol. The Hall–Kier alpha value is -1.65. The van der Waals surface area contributed by atoms with Gasteiger partial charge < -0.3 is 11.5 Å². The molecule has 0 saturated carbocycles. The third-order valence-electron chi connectivity index (χ3n) is 2.41. The molecule has 0 radical (unpaired) electrons. The van der Waals surface area contributed by atoms with Crippen LogP contribution in [0.4, 0.5) is 5.69 Å². The lowest BCUT2D eigenvalue weighted by molar-refractivity contribution is 1.36. The molecule has 0 fully saturated rings. The van der Waals surface area contributed by atoms with E-state index in [1.165, 1.54) is 10.5 Å². The van der Waals surface area contributed by atoms with Gasteiger partial charge in [-0.05, 0) is 42.0 Å². The summed E-state index contributed by atoms with van der Waals surface area (Å²) in [5, 5.41) is 0.760. The number of nitrogens with two attached hydrogens (primary N) is 2. The number of thioether (sulfide) groups is 1. The highest BCUT2D eigenvalue weighted by Gasteiger charge is 1.97. The minimum Gasteiger partial charge on any atom is -0.370 e. The quantitative estimate of drug-likeness (QED) is 0.514. The molecule has 0 unspecified atom stereocenters. The van der Waals surface area contributed by atoms with E-state index in [-0.39, 0.29) is 5.96 Å². The Morgan fingerprint density at radius 3 is 2.21 bits per heavy atom. The van der Waals surface area contributed by atoms with Crippen molar-refractivity contribution in [1.29, 1.82) is 0 Å². The molecule has 0 atom stereocenters. The Morgan fingerprint density at radius 1 is 1.00 bits per heavy atom. The van der Waals surface area contributed by atoms with Gasteiger partial charge in [-0.3, -0.25) is 0 Å². The van der Waals surface area contributed by atoms with Gasteiger partial charge in [0.1, 0.15) is 0 Å². The first-order valence-electron chi connectivity index (χ1n) is 5.70. The number of hydrogen-bond acceptors (Lipinski definition) is 2. The van der Waals surface area contributed by atoms with E-state index in [1.807, 2.05) is 48.5 Å². The Balaban J connectivity index is 1.96. The maximum Gasteiger partial charge on any atom is 0.191 e. The molecule has 0 spiro atoms. The molecule has 3 nitrogen and oxygen atoms in total. The third-order valence-corrected chi connectivity index (χ3v) is 3.75. The van der Waals surface area contributed by atoms with Gasteiger partial charge in [0.2, 0.25) is 0 Å². The molecular formula is C14H14ClN3S. The predicted octanol–water partition coefficient (Wildman–Crippen LogP) is 3.54. The minimum atomic E-state index is 0.0709. The van der Waals surface area contributed by atoms with E-state index < -0.39 is 0 Å². The molecule has 0 aromatic heterocycles. The van der Waals surface area contributed by atoms with Crippen molar-refractivity contribution < 1.29 is 0 Å². The molecule has 2 aromatic rings. The monoisotopic (exact) mass is 291 g/mol. The van der Waals surface area contributed by atoms with Crippen molar-refractivity contribution in [2.24, 2.45) is 16.5 Å². The molecule has 2 aromatic carbocycles. The van der Waals surface area contributed by atoms with Crippen LogP contribution in [-0.4, -0.2) is 5.96 Å². The van der Waals surface area contributed by atoms with Crippen LogP contribution in [0.2, 0.25) is 5.02 Å². The average Bonchev–Trinajstić information content (AvgIpc) is 2.39. The summed E-state index contributed by atoms with van der Waals surface area (Å²) in [4.78, 5) is 5.15. The topological polar surface area (TPSA) is 64.4 Å². The number of guanidine groups is 1. The molecule has 0 saturated heterocycles. The number of hydrogen-bond donors (Lipinski definition) is 2. The summed E-state index contributed by atoms with van der Waals surface area (Å²) in [7, 11) is 0. The standard InChI is InChI=1S/C14H14ClN3S/c15-11-3-1-10(2-4-11)9-19-13-7-5-12(6-8-13)18-14(16)17/h1-8H,9H2,(H4,16,17,18). The lowest BCUT2D eigenvalue weighted by Crippen LogP contribution is -2.21.